The number of esters is 1. The molecule has 334 valence electrons. The van der Waals surface area contributed by atoms with Crippen LogP contribution in [0.4, 0.5) is 0 Å². The van der Waals surface area contributed by atoms with Crippen LogP contribution in [-0.4, -0.2) is 80.7 Å². The Morgan fingerprint density at radius 3 is 2.44 bits per heavy atom. The summed E-state index contributed by atoms with van der Waals surface area (Å²) >= 11 is 0. The van der Waals surface area contributed by atoms with Gasteiger partial charge >= 0.3 is 5.97 Å². The number of sulfone groups is 1. The van der Waals surface area contributed by atoms with Crippen molar-refractivity contribution in [2.24, 2.45) is 56.7 Å². The number of nitrogens with zero attached hydrogens (tertiary/aromatic N) is 3. The van der Waals surface area contributed by atoms with E-state index in [4.69, 9.17) is 9.47 Å². The smallest absolute Gasteiger partial charge is 0.315 e. The average molecular weight is 855 g/mol. The average Bonchev–Trinajstić information content (AvgIpc) is 3.61. The Hall–Kier alpha value is -3.00. The van der Waals surface area contributed by atoms with Gasteiger partial charge in [-0.15, -0.1) is 0 Å². The maximum atomic E-state index is 13.6. The molecule has 1 aliphatic heterocycles. The highest BCUT2D eigenvalue weighted by Gasteiger charge is 2.70. The van der Waals surface area contributed by atoms with Crippen LogP contribution < -0.4 is 10.1 Å². The molecule has 5 fully saturated rings. The van der Waals surface area contributed by atoms with Crippen molar-refractivity contribution in [3.05, 3.63) is 59.3 Å². The summed E-state index contributed by atoms with van der Waals surface area (Å²) in [5.41, 5.74) is 4.57. The molecule has 61 heavy (non-hydrogen) atoms. The van der Waals surface area contributed by atoms with Gasteiger partial charge in [0.15, 0.2) is 9.84 Å². The van der Waals surface area contributed by atoms with Gasteiger partial charge in [-0.2, -0.15) is 5.26 Å². The highest BCUT2D eigenvalue weighted by Crippen LogP contribution is 2.76. The Balaban J connectivity index is 1.01. The fourth-order valence-corrected chi connectivity index (χ4v) is 16.9. The molecule has 10 heteroatoms. The molecule has 9 nitrogen and oxygen atoms in total. The lowest BCUT2D eigenvalue weighted by Crippen LogP contribution is -2.68. The lowest BCUT2D eigenvalue weighted by molar-refractivity contribution is -0.221. The second-order valence-corrected chi connectivity index (χ2v) is 24.3. The number of aromatic nitrogens is 1. The molecule has 0 spiro atoms. The SMILES string of the molecule is C=C(C)[C@@H]1CC[C@]2(NCCN3CCS(=O)(=O)CC3)CC[C@]3(C)[C@H](CC[C@@H]4[C@@]5(C)CC=C(C6=CCC(COc7ncccc7C#N)(C(=O)OCC)CC6)C(C)(C)[C@@H]5CC[C@]43C)[C@@H]12. The van der Waals surface area contributed by atoms with Gasteiger partial charge in [0.2, 0.25) is 5.88 Å². The largest absolute Gasteiger partial charge is 0.475 e. The zero-order valence-electron chi connectivity index (χ0n) is 38.4. The van der Waals surface area contributed by atoms with Crippen molar-refractivity contribution in [1.29, 1.82) is 5.26 Å². The Morgan fingerprint density at radius 1 is 0.984 bits per heavy atom. The molecule has 0 radical (unpaired) electrons. The standard InChI is InChI=1S/C51H74N4O5S/c1-9-59-45(56)50(34-60-44-37(33-52)11-10-26-53-44)21-14-36(15-22-50)39-17-19-47(6)41(46(39,4)5)18-20-49(8)42(47)13-12-40-43-38(35(2)3)16-23-51(43,25-24-48(40,49)7)54-27-28-55-29-31-61(57,58)32-30-55/h10-11,14,17,26,38,40-43,54H,2,9,12-13,15-16,18-25,27-32,34H2,1,3-8H3/t38-,40+,41-,42+,43+,47-,48+,49+,50?,51-/m0/s1. The first-order valence-electron chi connectivity index (χ1n) is 23.8. The molecule has 1 aromatic heterocycles. The Bertz CT molecular complexity index is 2090. The van der Waals surface area contributed by atoms with Gasteiger partial charge in [-0.05, 0) is 165 Å². The van der Waals surface area contributed by atoms with Crippen molar-refractivity contribution in [2.45, 2.75) is 131 Å². The van der Waals surface area contributed by atoms with Crippen LogP contribution in [0.1, 0.15) is 131 Å². The van der Waals surface area contributed by atoms with E-state index in [1.54, 1.807) is 18.3 Å². The number of carbonyl (C=O) groups is 1. The normalized spacial score (nSPS) is 40.1. The predicted octanol–water partition coefficient (Wildman–Crippen LogP) is 9.26. The van der Waals surface area contributed by atoms with Crippen molar-refractivity contribution in [3.8, 4) is 11.9 Å². The monoisotopic (exact) mass is 855 g/mol. The fourth-order valence-electron chi connectivity index (χ4n) is 15.6. The van der Waals surface area contributed by atoms with Gasteiger partial charge in [-0.25, -0.2) is 13.4 Å². The molecular formula is C51H74N4O5S. The van der Waals surface area contributed by atoms with Crippen molar-refractivity contribution < 1.29 is 22.7 Å². The van der Waals surface area contributed by atoms with E-state index in [9.17, 15) is 18.5 Å². The van der Waals surface area contributed by atoms with E-state index < -0.39 is 15.3 Å². The van der Waals surface area contributed by atoms with Crippen LogP contribution in [0.15, 0.2) is 53.8 Å². The van der Waals surface area contributed by atoms with E-state index in [2.05, 4.69) is 81.5 Å². The summed E-state index contributed by atoms with van der Waals surface area (Å²) in [5, 5.41) is 13.9. The summed E-state index contributed by atoms with van der Waals surface area (Å²) in [6.45, 7) is 25.5. The third-order valence-corrected chi connectivity index (χ3v) is 20.6. The van der Waals surface area contributed by atoms with Crippen LogP contribution in [0.25, 0.3) is 0 Å². The van der Waals surface area contributed by atoms with E-state index in [1.165, 1.54) is 68.1 Å². The van der Waals surface area contributed by atoms with Crippen molar-refractivity contribution in [1.82, 2.24) is 15.2 Å². The van der Waals surface area contributed by atoms with E-state index in [0.717, 1.165) is 25.9 Å². The van der Waals surface area contributed by atoms with E-state index >= 15 is 0 Å². The van der Waals surface area contributed by atoms with Crippen molar-refractivity contribution >= 4 is 15.8 Å². The number of hydrogen-bond donors (Lipinski definition) is 1. The van der Waals surface area contributed by atoms with Crippen molar-refractivity contribution in [2.75, 3.05) is 50.9 Å². The van der Waals surface area contributed by atoms with Gasteiger partial charge < -0.3 is 19.7 Å². The van der Waals surface area contributed by atoms with Gasteiger partial charge in [0.1, 0.15) is 23.7 Å². The lowest BCUT2D eigenvalue weighted by Gasteiger charge is -2.72. The van der Waals surface area contributed by atoms with Crippen LogP contribution >= 0.6 is 0 Å². The number of allylic oxidation sites excluding steroid dienone is 5. The summed E-state index contributed by atoms with van der Waals surface area (Å²) in [7, 11) is -2.88. The van der Waals surface area contributed by atoms with Crippen molar-refractivity contribution in [3.63, 3.8) is 0 Å². The number of nitrogens with one attached hydrogen (secondary N) is 1. The zero-order chi connectivity index (χ0) is 43.6. The molecule has 1 N–H and O–H groups in total. The minimum absolute atomic E-state index is 0.00528. The number of nitriles is 1. The molecule has 0 bridgehead atoms. The van der Waals surface area contributed by atoms with Gasteiger partial charge in [0.25, 0.3) is 0 Å². The number of hydrogen-bond acceptors (Lipinski definition) is 9. The second kappa shape index (κ2) is 16.2. The van der Waals surface area contributed by atoms with Gasteiger partial charge in [0.05, 0.1) is 18.1 Å². The molecule has 10 atom stereocenters. The number of carbonyl (C=O) groups excluding carboxylic acids is 1. The van der Waals surface area contributed by atoms with Gasteiger partial charge in [-0.3, -0.25) is 4.79 Å². The number of rotatable bonds is 11. The highest BCUT2D eigenvalue weighted by molar-refractivity contribution is 7.91. The summed E-state index contributed by atoms with van der Waals surface area (Å²) in [5.74, 6) is 3.61. The second-order valence-electron chi connectivity index (χ2n) is 22.0. The molecule has 1 unspecified atom stereocenters. The molecule has 7 aliphatic rings. The van der Waals surface area contributed by atoms with Crippen LogP contribution in [-0.2, 0) is 19.4 Å². The molecular weight excluding hydrogens is 781 g/mol. The number of pyridine rings is 1. The Labute approximate surface area is 367 Å². The quantitative estimate of drug-likeness (QED) is 0.172. The minimum Gasteiger partial charge on any atom is -0.475 e. The predicted molar refractivity (Wildman–Crippen MR) is 241 cm³/mol. The summed E-state index contributed by atoms with van der Waals surface area (Å²) in [6.07, 6.45) is 19.6. The number of fused-ring (bicyclic) bond motifs is 7. The molecule has 4 saturated carbocycles. The lowest BCUT2D eigenvalue weighted by atomic mass is 9.33. The van der Waals surface area contributed by atoms with Crippen LogP contribution in [0.5, 0.6) is 5.88 Å². The first kappa shape index (κ1) is 44.6. The van der Waals surface area contributed by atoms with Gasteiger partial charge in [0, 0.05) is 37.9 Å². The summed E-state index contributed by atoms with van der Waals surface area (Å²) in [4.78, 5) is 20.3. The van der Waals surface area contributed by atoms with Crippen LogP contribution in [0, 0.1) is 68.0 Å². The van der Waals surface area contributed by atoms with Crippen LogP contribution in [0.3, 0.4) is 0 Å². The molecule has 6 aliphatic carbocycles. The minimum atomic E-state index is -2.88. The summed E-state index contributed by atoms with van der Waals surface area (Å²) in [6, 6.07) is 5.57. The first-order chi connectivity index (χ1) is 28.9. The van der Waals surface area contributed by atoms with E-state index in [-0.39, 0.29) is 57.2 Å². The molecule has 1 saturated heterocycles. The maximum absolute atomic E-state index is 13.6. The molecule has 8 rings (SSSR count). The first-order valence-corrected chi connectivity index (χ1v) is 25.6. The topological polar surface area (TPSA) is 122 Å². The maximum Gasteiger partial charge on any atom is 0.315 e. The fraction of sp³-hybridized carbons (Fsp3) is 0.745. The highest BCUT2D eigenvalue weighted by atomic mass is 32.2. The zero-order valence-corrected chi connectivity index (χ0v) is 39.2. The Morgan fingerprint density at radius 2 is 1.75 bits per heavy atom. The summed E-state index contributed by atoms with van der Waals surface area (Å²) < 4.78 is 36.0. The van der Waals surface area contributed by atoms with E-state index in [0.29, 0.717) is 67.7 Å². The third-order valence-electron chi connectivity index (χ3n) is 19.0. The molecule has 2 heterocycles. The molecule has 0 amide bonds. The van der Waals surface area contributed by atoms with E-state index in [1.807, 2.05) is 6.92 Å². The van der Waals surface area contributed by atoms with Gasteiger partial charge in [-0.1, -0.05) is 58.9 Å². The Kier molecular flexibility index (Phi) is 11.9. The molecule has 0 aromatic carbocycles. The number of ether oxygens (including phenoxy) is 2. The van der Waals surface area contributed by atoms with Crippen LogP contribution in [0.2, 0.25) is 0 Å². The molecule has 1 aromatic rings. The third kappa shape index (κ3) is 7.37.